The number of fused-ring (bicyclic) bond motifs is 1. The molecule has 0 amide bonds. The third kappa shape index (κ3) is 2.62. The molecule has 0 bridgehead atoms. The smallest absolute Gasteiger partial charge is 0.127 e. The maximum atomic E-state index is 13.4. The molecule has 2 atom stereocenters. The van der Waals surface area contributed by atoms with Crippen LogP contribution in [0.25, 0.3) is 0 Å². The molecular weight excluding hydrogens is 389 g/mol. The van der Waals surface area contributed by atoms with E-state index in [4.69, 9.17) is 10.5 Å². The minimum absolute atomic E-state index is 0.128. The molecule has 2 N–H and O–H groups in total. The molecule has 104 valence electrons. The highest BCUT2D eigenvalue weighted by molar-refractivity contribution is 9.10. The number of hydrogen-bond donors (Lipinski definition) is 1. The van der Waals surface area contributed by atoms with Crippen molar-refractivity contribution in [2.45, 2.75) is 18.6 Å². The first kappa shape index (κ1) is 14.0. The lowest BCUT2D eigenvalue weighted by molar-refractivity contribution is 0.160. The lowest BCUT2D eigenvalue weighted by atomic mass is 9.93. The fraction of sp³-hybridized carbons (Fsp3) is 0.200. The van der Waals surface area contributed by atoms with Crippen molar-refractivity contribution in [1.82, 2.24) is 0 Å². The quantitative estimate of drug-likeness (QED) is 0.740. The zero-order valence-electron chi connectivity index (χ0n) is 10.4. The van der Waals surface area contributed by atoms with E-state index in [1.54, 1.807) is 6.07 Å². The van der Waals surface area contributed by atoms with Crippen LogP contribution in [0.4, 0.5) is 4.39 Å². The highest BCUT2D eigenvalue weighted by Gasteiger charge is 2.28. The third-order valence-electron chi connectivity index (χ3n) is 3.41. The fourth-order valence-electron chi connectivity index (χ4n) is 2.43. The van der Waals surface area contributed by atoms with Crippen LogP contribution in [0, 0.1) is 5.82 Å². The number of hydrogen-bond acceptors (Lipinski definition) is 2. The van der Waals surface area contributed by atoms with Crippen LogP contribution in [0.1, 0.15) is 29.7 Å². The molecular formula is C15H12Br2FNO. The van der Waals surface area contributed by atoms with E-state index >= 15 is 0 Å². The summed E-state index contributed by atoms with van der Waals surface area (Å²) in [6.45, 7) is 0. The van der Waals surface area contributed by atoms with Gasteiger partial charge in [0.2, 0.25) is 0 Å². The summed E-state index contributed by atoms with van der Waals surface area (Å²) in [5.41, 5.74) is 7.98. The van der Waals surface area contributed by atoms with Crippen LogP contribution >= 0.6 is 31.9 Å². The van der Waals surface area contributed by atoms with Crippen molar-refractivity contribution >= 4 is 31.9 Å². The maximum absolute atomic E-state index is 13.4. The average Bonchev–Trinajstić information content (AvgIpc) is 2.42. The zero-order chi connectivity index (χ0) is 14.3. The number of halogens is 3. The largest absolute Gasteiger partial charge is 0.485 e. The Morgan fingerprint density at radius 1 is 1.10 bits per heavy atom. The molecule has 2 aromatic carbocycles. The van der Waals surface area contributed by atoms with Crippen LogP contribution in [0.5, 0.6) is 5.75 Å². The molecule has 1 aliphatic heterocycles. The molecule has 0 saturated heterocycles. The van der Waals surface area contributed by atoms with E-state index in [-0.39, 0.29) is 18.0 Å². The van der Waals surface area contributed by atoms with Gasteiger partial charge in [-0.25, -0.2) is 4.39 Å². The third-order valence-corrected chi connectivity index (χ3v) is 4.63. The number of nitrogens with two attached hydrogens (primary N) is 1. The van der Waals surface area contributed by atoms with Crippen molar-refractivity contribution in [1.29, 1.82) is 0 Å². The molecule has 2 nitrogen and oxygen atoms in total. The van der Waals surface area contributed by atoms with Crippen molar-refractivity contribution in [2.24, 2.45) is 5.73 Å². The number of rotatable bonds is 1. The van der Waals surface area contributed by atoms with Crippen LogP contribution in [0.2, 0.25) is 0 Å². The standard InChI is InChI=1S/C15H12Br2FNO/c16-8-1-4-14-11(5-8)13(19)7-15(20-14)10-6-9(18)2-3-12(10)17/h1-6,13,15H,7,19H2/t13-,15?/m0/s1. The molecule has 5 heteroatoms. The van der Waals surface area contributed by atoms with Crippen LogP contribution in [-0.4, -0.2) is 0 Å². The summed E-state index contributed by atoms with van der Waals surface area (Å²) in [5, 5.41) is 0. The fourth-order valence-corrected chi connectivity index (χ4v) is 3.31. The second-order valence-corrected chi connectivity index (χ2v) is 6.57. The minimum Gasteiger partial charge on any atom is -0.485 e. The summed E-state index contributed by atoms with van der Waals surface area (Å²) >= 11 is 6.87. The van der Waals surface area contributed by atoms with Gasteiger partial charge in [-0.1, -0.05) is 31.9 Å². The van der Waals surface area contributed by atoms with Crippen molar-refractivity contribution in [3.8, 4) is 5.75 Å². The summed E-state index contributed by atoms with van der Waals surface area (Å²) in [6.07, 6.45) is 0.370. The Hall–Kier alpha value is -0.910. The first-order valence-corrected chi connectivity index (χ1v) is 7.80. The van der Waals surface area contributed by atoms with Crippen molar-refractivity contribution in [2.75, 3.05) is 0 Å². The molecule has 0 fully saturated rings. The van der Waals surface area contributed by atoms with Gasteiger partial charge in [-0.15, -0.1) is 0 Å². The van der Waals surface area contributed by atoms with Gasteiger partial charge < -0.3 is 10.5 Å². The number of ether oxygens (including phenoxy) is 1. The van der Waals surface area contributed by atoms with E-state index in [0.717, 1.165) is 25.8 Å². The lowest BCUT2D eigenvalue weighted by Gasteiger charge is -2.31. The Labute approximate surface area is 133 Å². The second-order valence-electron chi connectivity index (χ2n) is 4.80. The summed E-state index contributed by atoms with van der Waals surface area (Å²) in [5.74, 6) is 0.482. The zero-order valence-corrected chi connectivity index (χ0v) is 13.6. The molecule has 1 unspecified atom stereocenters. The molecule has 1 heterocycles. The molecule has 3 rings (SSSR count). The molecule has 2 aromatic rings. The topological polar surface area (TPSA) is 35.2 Å². The van der Waals surface area contributed by atoms with Gasteiger partial charge in [0.1, 0.15) is 17.7 Å². The van der Waals surface area contributed by atoms with Gasteiger partial charge in [0.25, 0.3) is 0 Å². The Kier molecular flexibility index (Phi) is 3.84. The Morgan fingerprint density at radius 3 is 2.70 bits per heavy atom. The first-order valence-electron chi connectivity index (χ1n) is 6.21. The normalized spacial score (nSPS) is 21.2. The maximum Gasteiger partial charge on any atom is 0.127 e. The van der Waals surface area contributed by atoms with E-state index < -0.39 is 0 Å². The van der Waals surface area contributed by atoms with Crippen molar-refractivity contribution in [3.05, 3.63) is 62.3 Å². The van der Waals surface area contributed by atoms with Gasteiger partial charge in [-0.05, 0) is 36.4 Å². The second kappa shape index (κ2) is 5.47. The predicted octanol–water partition coefficient (Wildman–Crippen LogP) is 4.87. The minimum atomic E-state index is -0.276. The van der Waals surface area contributed by atoms with Gasteiger partial charge in [0.15, 0.2) is 0 Å². The Morgan fingerprint density at radius 2 is 1.90 bits per heavy atom. The molecule has 1 aliphatic rings. The molecule has 0 aromatic heterocycles. The van der Waals surface area contributed by atoms with Gasteiger partial charge >= 0.3 is 0 Å². The van der Waals surface area contributed by atoms with E-state index in [0.29, 0.717) is 6.42 Å². The molecule has 0 spiro atoms. The molecule has 0 saturated carbocycles. The van der Waals surface area contributed by atoms with Gasteiger partial charge in [-0.3, -0.25) is 0 Å². The highest BCUT2D eigenvalue weighted by atomic mass is 79.9. The van der Waals surface area contributed by atoms with E-state index in [1.807, 2.05) is 18.2 Å². The van der Waals surface area contributed by atoms with E-state index in [1.165, 1.54) is 12.1 Å². The predicted molar refractivity (Wildman–Crippen MR) is 83.2 cm³/mol. The van der Waals surface area contributed by atoms with Gasteiger partial charge in [0, 0.05) is 32.5 Å². The molecule has 0 radical (unpaired) electrons. The van der Waals surface area contributed by atoms with Crippen LogP contribution in [0.15, 0.2) is 45.3 Å². The van der Waals surface area contributed by atoms with Gasteiger partial charge in [-0.2, -0.15) is 0 Å². The van der Waals surface area contributed by atoms with Gasteiger partial charge in [0.05, 0.1) is 0 Å². The van der Waals surface area contributed by atoms with Crippen LogP contribution in [-0.2, 0) is 0 Å². The van der Waals surface area contributed by atoms with Crippen LogP contribution < -0.4 is 10.5 Å². The van der Waals surface area contributed by atoms with E-state index in [2.05, 4.69) is 31.9 Å². The lowest BCUT2D eigenvalue weighted by Crippen LogP contribution is -2.24. The summed E-state index contributed by atoms with van der Waals surface area (Å²) in [4.78, 5) is 0. The number of benzene rings is 2. The van der Waals surface area contributed by atoms with E-state index in [9.17, 15) is 4.39 Å². The summed E-state index contributed by atoms with van der Waals surface area (Å²) in [6, 6.07) is 10.2. The average molecular weight is 401 g/mol. The Bertz CT molecular complexity index is 662. The first-order chi connectivity index (χ1) is 9.54. The molecule has 0 aliphatic carbocycles. The highest BCUT2D eigenvalue weighted by Crippen LogP contribution is 2.42. The van der Waals surface area contributed by atoms with Crippen molar-refractivity contribution < 1.29 is 9.13 Å². The summed E-state index contributed by atoms with van der Waals surface area (Å²) in [7, 11) is 0. The SMILES string of the molecule is N[C@H]1CC(c2cc(F)ccc2Br)Oc2ccc(Br)cc21. The monoisotopic (exact) mass is 399 g/mol. The summed E-state index contributed by atoms with van der Waals surface area (Å²) < 4.78 is 21.2. The van der Waals surface area contributed by atoms with Crippen LogP contribution in [0.3, 0.4) is 0 Å². The Balaban J connectivity index is 1.99. The van der Waals surface area contributed by atoms with Crippen molar-refractivity contribution in [3.63, 3.8) is 0 Å². The molecule has 20 heavy (non-hydrogen) atoms.